The van der Waals surface area contributed by atoms with Crippen LogP contribution < -0.4 is 15.5 Å². The maximum Gasteiger partial charge on any atom is 0.228 e. The number of aromatic nitrogens is 3. The lowest BCUT2D eigenvalue weighted by Crippen LogP contribution is -2.27. The molecule has 1 atom stereocenters. The Kier molecular flexibility index (Phi) is 7.28. The van der Waals surface area contributed by atoms with Crippen LogP contribution in [0.3, 0.4) is 0 Å². The Bertz CT molecular complexity index is 1420. The number of ether oxygens (including phenoxy) is 1. The van der Waals surface area contributed by atoms with Crippen molar-refractivity contribution in [3.05, 3.63) is 81.9 Å². The number of hydrogen-bond acceptors (Lipinski definition) is 10. The summed E-state index contributed by atoms with van der Waals surface area (Å²) in [6.07, 6.45) is 1.75. The Labute approximate surface area is 205 Å². The second-order valence-electron chi connectivity index (χ2n) is 7.95. The van der Waals surface area contributed by atoms with Crippen LogP contribution in [-0.4, -0.2) is 44.9 Å². The van der Waals surface area contributed by atoms with Gasteiger partial charge in [-0.25, -0.2) is 0 Å². The van der Waals surface area contributed by atoms with Gasteiger partial charge in [0.25, 0.3) is 0 Å². The summed E-state index contributed by atoms with van der Waals surface area (Å²) >= 11 is 0. The number of hydrogen-bond donors (Lipinski definition) is 3. The van der Waals surface area contributed by atoms with Gasteiger partial charge in [-0.2, -0.15) is 4.98 Å². The molecule has 36 heavy (non-hydrogen) atoms. The molecule has 0 spiro atoms. The Morgan fingerprint density at radius 2 is 2.03 bits per heavy atom. The summed E-state index contributed by atoms with van der Waals surface area (Å²) < 4.78 is 16.1. The van der Waals surface area contributed by atoms with Crippen LogP contribution >= 0.6 is 0 Å². The van der Waals surface area contributed by atoms with Crippen molar-refractivity contribution in [2.75, 3.05) is 13.7 Å². The van der Waals surface area contributed by atoms with Gasteiger partial charge in [-0.05, 0) is 36.8 Å². The third-order valence-corrected chi connectivity index (χ3v) is 5.41. The summed E-state index contributed by atoms with van der Waals surface area (Å²) in [6.45, 7) is 1.78. The number of nitrogens with zero attached hydrogens (tertiary/aromatic N) is 3. The molecule has 0 aliphatic rings. The lowest BCUT2D eigenvalue weighted by atomic mass is 9.91. The van der Waals surface area contributed by atoms with Gasteiger partial charge in [0, 0.05) is 31.6 Å². The molecule has 0 unspecified atom stereocenters. The number of amides is 1. The first kappa shape index (κ1) is 24.5. The summed E-state index contributed by atoms with van der Waals surface area (Å²) in [5, 5.41) is 27.0. The topological polar surface area (TPSA) is 161 Å². The van der Waals surface area contributed by atoms with E-state index in [1.807, 2.05) is 6.07 Å². The van der Waals surface area contributed by atoms with Gasteiger partial charge in [-0.15, -0.1) is 0 Å². The van der Waals surface area contributed by atoms with Crippen LogP contribution in [0.15, 0.2) is 62.4 Å². The highest BCUT2D eigenvalue weighted by Crippen LogP contribution is 2.37. The molecule has 0 bridgehead atoms. The molecule has 0 saturated heterocycles. The van der Waals surface area contributed by atoms with Gasteiger partial charge in [-0.3, -0.25) is 14.6 Å². The SMILES string of the molecule is COc1cc([C@H](CC(=O)NCCc2nc(-c3ccccn3)no2)c2oc(C)cc(=O)c2O)ccc1O. The molecule has 4 rings (SSSR count). The molecule has 11 heteroatoms. The normalized spacial score (nSPS) is 11.7. The zero-order valence-corrected chi connectivity index (χ0v) is 19.6. The highest BCUT2D eigenvalue weighted by molar-refractivity contribution is 5.77. The van der Waals surface area contributed by atoms with E-state index in [1.54, 1.807) is 31.3 Å². The van der Waals surface area contributed by atoms with Gasteiger partial charge in [-0.1, -0.05) is 17.3 Å². The zero-order valence-electron chi connectivity index (χ0n) is 19.6. The predicted molar refractivity (Wildman–Crippen MR) is 127 cm³/mol. The maximum atomic E-state index is 12.8. The fourth-order valence-electron chi connectivity index (χ4n) is 3.66. The van der Waals surface area contributed by atoms with E-state index in [9.17, 15) is 19.8 Å². The molecule has 0 saturated carbocycles. The molecule has 3 N–H and O–H groups in total. The van der Waals surface area contributed by atoms with Crippen molar-refractivity contribution in [2.24, 2.45) is 0 Å². The van der Waals surface area contributed by atoms with E-state index in [-0.39, 0.29) is 48.3 Å². The van der Waals surface area contributed by atoms with Crippen LogP contribution in [0, 0.1) is 6.92 Å². The molecule has 1 amide bonds. The first-order valence-corrected chi connectivity index (χ1v) is 11.1. The maximum absolute atomic E-state index is 12.8. The minimum absolute atomic E-state index is 0.0557. The third kappa shape index (κ3) is 5.52. The number of nitrogens with one attached hydrogen (secondary N) is 1. The third-order valence-electron chi connectivity index (χ3n) is 5.41. The van der Waals surface area contributed by atoms with Gasteiger partial charge >= 0.3 is 0 Å². The van der Waals surface area contributed by atoms with Crippen molar-refractivity contribution in [2.45, 2.75) is 25.7 Å². The molecule has 0 aliphatic carbocycles. The molecule has 0 fully saturated rings. The first-order valence-electron chi connectivity index (χ1n) is 11.1. The highest BCUT2D eigenvalue weighted by Gasteiger charge is 2.26. The number of carbonyl (C=O) groups is 1. The number of phenols is 1. The Hall–Kier alpha value is -4.67. The number of rotatable bonds is 9. The van der Waals surface area contributed by atoms with Crippen molar-refractivity contribution in [3.8, 4) is 28.8 Å². The monoisotopic (exact) mass is 492 g/mol. The van der Waals surface area contributed by atoms with E-state index >= 15 is 0 Å². The van der Waals surface area contributed by atoms with E-state index in [0.29, 0.717) is 23.0 Å². The second-order valence-corrected chi connectivity index (χ2v) is 7.95. The highest BCUT2D eigenvalue weighted by atomic mass is 16.5. The van der Waals surface area contributed by atoms with Crippen LogP contribution in [-0.2, 0) is 11.2 Å². The van der Waals surface area contributed by atoms with Crippen LogP contribution in [0.4, 0.5) is 0 Å². The largest absolute Gasteiger partial charge is 0.504 e. The quantitative estimate of drug-likeness (QED) is 0.317. The molecule has 3 heterocycles. The fourth-order valence-corrected chi connectivity index (χ4v) is 3.66. The van der Waals surface area contributed by atoms with Gasteiger partial charge in [0.15, 0.2) is 17.3 Å². The first-order chi connectivity index (χ1) is 17.4. The van der Waals surface area contributed by atoms with Gasteiger partial charge in [0.2, 0.25) is 28.8 Å². The summed E-state index contributed by atoms with van der Waals surface area (Å²) in [5.41, 5.74) is 0.453. The van der Waals surface area contributed by atoms with E-state index < -0.39 is 17.1 Å². The van der Waals surface area contributed by atoms with E-state index in [2.05, 4.69) is 20.4 Å². The number of aryl methyl sites for hydroxylation is 1. The Morgan fingerprint density at radius 3 is 2.78 bits per heavy atom. The number of phenolic OH excluding ortho intramolecular Hbond substituents is 1. The predicted octanol–water partition coefficient (Wildman–Crippen LogP) is 2.69. The van der Waals surface area contributed by atoms with Crippen molar-refractivity contribution in [3.63, 3.8) is 0 Å². The Balaban J connectivity index is 1.49. The van der Waals surface area contributed by atoms with E-state index in [4.69, 9.17) is 13.7 Å². The van der Waals surface area contributed by atoms with Crippen molar-refractivity contribution < 1.29 is 28.7 Å². The summed E-state index contributed by atoms with van der Waals surface area (Å²) in [7, 11) is 1.39. The lowest BCUT2D eigenvalue weighted by molar-refractivity contribution is -0.121. The molecule has 4 aromatic rings. The van der Waals surface area contributed by atoms with Crippen molar-refractivity contribution in [1.29, 1.82) is 0 Å². The average Bonchev–Trinajstić information content (AvgIpc) is 3.35. The fraction of sp³-hybridized carbons (Fsp3) is 0.240. The molecular formula is C25H24N4O7. The van der Waals surface area contributed by atoms with Crippen LogP contribution in [0.1, 0.15) is 35.3 Å². The second kappa shape index (κ2) is 10.7. The van der Waals surface area contributed by atoms with E-state index in [1.165, 1.54) is 19.2 Å². The summed E-state index contributed by atoms with van der Waals surface area (Å²) in [5.74, 6) is -0.800. The van der Waals surface area contributed by atoms with Gasteiger partial charge in [0.05, 0.1) is 13.0 Å². The summed E-state index contributed by atoms with van der Waals surface area (Å²) in [6, 6.07) is 11.0. The molecular weight excluding hydrogens is 468 g/mol. The molecule has 1 aromatic carbocycles. The van der Waals surface area contributed by atoms with Crippen LogP contribution in [0.2, 0.25) is 0 Å². The number of methoxy groups -OCH3 is 1. The smallest absolute Gasteiger partial charge is 0.228 e. The average molecular weight is 492 g/mol. The molecule has 3 aromatic heterocycles. The number of carbonyl (C=O) groups excluding carboxylic acids is 1. The number of pyridine rings is 1. The standard InChI is InChI=1S/C25H24N4O7/c1-14-11-19(31)23(33)24(35-14)16(15-6-7-18(30)20(12-15)34-2)13-21(32)27-10-8-22-28-25(29-36-22)17-5-3-4-9-26-17/h3-7,9,11-12,16,30,33H,8,10,13H2,1-2H3,(H,27,32)/t16-/m0/s1. The molecule has 0 aliphatic heterocycles. The number of benzene rings is 1. The molecule has 186 valence electrons. The lowest BCUT2D eigenvalue weighted by Gasteiger charge is -2.18. The zero-order chi connectivity index (χ0) is 25.7. The summed E-state index contributed by atoms with van der Waals surface area (Å²) in [4.78, 5) is 33.5. The van der Waals surface area contributed by atoms with Crippen molar-refractivity contribution in [1.82, 2.24) is 20.4 Å². The number of aromatic hydroxyl groups is 2. The van der Waals surface area contributed by atoms with Crippen LogP contribution in [0.25, 0.3) is 11.5 Å². The Morgan fingerprint density at radius 1 is 1.19 bits per heavy atom. The minimum atomic E-state index is -0.828. The van der Waals surface area contributed by atoms with Gasteiger partial charge < -0.3 is 29.2 Å². The van der Waals surface area contributed by atoms with Crippen molar-refractivity contribution >= 4 is 5.91 Å². The van der Waals surface area contributed by atoms with E-state index in [0.717, 1.165) is 6.07 Å². The molecule has 11 nitrogen and oxygen atoms in total. The minimum Gasteiger partial charge on any atom is -0.504 e. The van der Waals surface area contributed by atoms with Gasteiger partial charge in [0.1, 0.15) is 11.5 Å². The van der Waals surface area contributed by atoms with Crippen LogP contribution in [0.5, 0.6) is 17.2 Å². The molecule has 0 radical (unpaired) electrons.